The van der Waals surface area contributed by atoms with Crippen molar-refractivity contribution in [3.63, 3.8) is 0 Å². The van der Waals surface area contributed by atoms with E-state index < -0.39 is 0 Å². The number of nitrogens with one attached hydrogen (secondary N) is 2. The highest BCUT2D eigenvalue weighted by molar-refractivity contribution is 7.99. The molecule has 0 amide bonds. The first-order valence-corrected chi connectivity index (χ1v) is 11.6. The molecule has 2 aliphatic rings. The lowest BCUT2D eigenvalue weighted by Gasteiger charge is -2.42. The zero-order chi connectivity index (χ0) is 19.0. The van der Waals surface area contributed by atoms with Crippen molar-refractivity contribution in [1.29, 1.82) is 0 Å². The molecule has 1 aliphatic carbocycles. The summed E-state index contributed by atoms with van der Waals surface area (Å²) in [7, 11) is 0. The number of guanidine groups is 1. The maximum absolute atomic E-state index is 5.01. The number of nitrogens with zero attached hydrogens (tertiary/aromatic N) is 5. The second kappa shape index (κ2) is 10.3. The van der Waals surface area contributed by atoms with Gasteiger partial charge in [-0.25, -0.2) is 0 Å². The molecule has 0 spiro atoms. The van der Waals surface area contributed by atoms with Crippen molar-refractivity contribution in [2.24, 2.45) is 4.99 Å². The van der Waals surface area contributed by atoms with E-state index in [1.165, 1.54) is 50.3 Å². The Labute approximate surface area is 167 Å². The standard InChI is InChI=1S/C19H35N7S/c1-3-17-24-23-16-25(17)10-9-21-18(20-4-2)22-15-19(7-5-6-8-19)26-11-13-27-14-12-26/h16H,3-15H2,1-2H3,(H2,20,21,22). The van der Waals surface area contributed by atoms with Gasteiger partial charge in [-0.15, -0.1) is 10.2 Å². The third kappa shape index (κ3) is 5.38. The molecule has 2 fully saturated rings. The van der Waals surface area contributed by atoms with Crippen molar-refractivity contribution < 1.29 is 0 Å². The van der Waals surface area contributed by atoms with Crippen LogP contribution in [0.5, 0.6) is 0 Å². The van der Waals surface area contributed by atoms with Gasteiger partial charge in [0.15, 0.2) is 5.96 Å². The first-order valence-electron chi connectivity index (χ1n) is 10.5. The highest BCUT2D eigenvalue weighted by Crippen LogP contribution is 2.37. The fourth-order valence-corrected chi connectivity index (χ4v) is 5.15. The molecule has 0 radical (unpaired) electrons. The van der Waals surface area contributed by atoms with E-state index in [-0.39, 0.29) is 5.54 Å². The largest absolute Gasteiger partial charge is 0.357 e. The van der Waals surface area contributed by atoms with Crippen LogP contribution in [-0.4, -0.2) is 75.4 Å². The van der Waals surface area contributed by atoms with Gasteiger partial charge in [-0.2, -0.15) is 11.8 Å². The number of aliphatic imine (C=N–C) groups is 1. The highest BCUT2D eigenvalue weighted by atomic mass is 32.2. The molecule has 0 aromatic carbocycles. The SMILES string of the molecule is CCNC(=NCC1(N2CCSCC2)CCCC1)NCCn1cnnc1CC. The molecule has 1 aromatic rings. The summed E-state index contributed by atoms with van der Waals surface area (Å²) in [6.07, 6.45) is 7.99. The van der Waals surface area contributed by atoms with Gasteiger partial charge < -0.3 is 15.2 Å². The number of aryl methyl sites for hydroxylation is 1. The number of hydrogen-bond acceptors (Lipinski definition) is 5. The molecular weight excluding hydrogens is 358 g/mol. The minimum Gasteiger partial charge on any atom is -0.357 e. The van der Waals surface area contributed by atoms with Crippen LogP contribution < -0.4 is 10.6 Å². The van der Waals surface area contributed by atoms with Gasteiger partial charge in [-0.3, -0.25) is 9.89 Å². The van der Waals surface area contributed by atoms with Gasteiger partial charge in [0.2, 0.25) is 0 Å². The van der Waals surface area contributed by atoms with Crippen molar-refractivity contribution in [2.75, 3.05) is 44.2 Å². The Bertz CT molecular complexity index is 589. The molecule has 2 heterocycles. The number of hydrogen-bond donors (Lipinski definition) is 2. The molecule has 152 valence electrons. The molecule has 1 aromatic heterocycles. The normalized spacial score (nSPS) is 20.7. The third-order valence-electron chi connectivity index (χ3n) is 5.75. The molecule has 0 bridgehead atoms. The zero-order valence-corrected chi connectivity index (χ0v) is 17.7. The van der Waals surface area contributed by atoms with Crippen LogP contribution in [0.3, 0.4) is 0 Å². The quantitative estimate of drug-likeness (QED) is 0.518. The first-order chi connectivity index (χ1) is 13.3. The average molecular weight is 394 g/mol. The predicted molar refractivity (Wildman–Crippen MR) is 113 cm³/mol. The minimum atomic E-state index is 0.285. The van der Waals surface area contributed by atoms with E-state index in [1.807, 2.05) is 6.33 Å². The lowest BCUT2D eigenvalue weighted by atomic mass is 9.95. The Morgan fingerprint density at radius 1 is 1.22 bits per heavy atom. The summed E-state index contributed by atoms with van der Waals surface area (Å²) in [6, 6.07) is 0. The van der Waals surface area contributed by atoms with E-state index in [1.54, 1.807) is 0 Å². The maximum atomic E-state index is 5.01. The van der Waals surface area contributed by atoms with Gasteiger partial charge >= 0.3 is 0 Å². The van der Waals surface area contributed by atoms with Crippen LogP contribution in [-0.2, 0) is 13.0 Å². The smallest absolute Gasteiger partial charge is 0.191 e. The summed E-state index contributed by atoms with van der Waals surface area (Å²) in [5.74, 6) is 4.50. The van der Waals surface area contributed by atoms with Gasteiger partial charge in [0.05, 0.1) is 6.54 Å². The van der Waals surface area contributed by atoms with Gasteiger partial charge in [0, 0.05) is 56.2 Å². The molecule has 1 saturated carbocycles. The second-order valence-corrected chi connectivity index (χ2v) is 8.67. The molecule has 0 unspecified atom stereocenters. The van der Waals surface area contributed by atoms with E-state index in [4.69, 9.17) is 4.99 Å². The van der Waals surface area contributed by atoms with Gasteiger partial charge in [-0.1, -0.05) is 19.8 Å². The molecule has 8 heteroatoms. The van der Waals surface area contributed by atoms with Crippen molar-refractivity contribution >= 4 is 17.7 Å². The summed E-state index contributed by atoms with van der Waals surface area (Å²) in [4.78, 5) is 7.74. The molecule has 3 rings (SSSR count). The van der Waals surface area contributed by atoms with E-state index >= 15 is 0 Å². The fraction of sp³-hybridized carbons (Fsp3) is 0.842. The molecule has 1 aliphatic heterocycles. The lowest BCUT2D eigenvalue weighted by Crippen LogP contribution is -2.53. The first kappa shape index (κ1) is 20.5. The van der Waals surface area contributed by atoms with Crippen LogP contribution in [0.15, 0.2) is 11.3 Å². The van der Waals surface area contributed by atoms with Crippen LogP contribution in [0.4, 0.5) is 0 Å². The Balaban J connectivity index is 1.58. The van der Waals surface area contributed by atoms with E-state index in [0.29, 0.717) is 0 Å². The Hall–Kier alpha value is -1.28. The summed E-state index contributed by atoms with van der Waals surface area (Å²) < 4.78 is 2.11. The van der Waals surface area contributed by atoms with E-state index in [0.717, 1.165) is 44.4 Å². The fourth-order valence-electron chi connectivity index (χ4n) is 4.25. The number of thioether (sulfide) groups is 1. The summed E-state index contributed by atoms with van der Waals surface area (Å²) >= 11 is 2.09. The van der Waals surface area contributed by atoms with Gasteiger partial charge in [0.25, 0.3) is 0 Å². The minimum absolute atomic E-state index is 0.285. The Morgan fingerprint density at radius 2 is 2.00 bits per heavy atom. The van der Waals surface area contributed by atoms with E-state index in [9.17, 15) is 0 Å². The van der Waals surface area contributed by atoms with Crippen molar-refractivity contribution in [1.82, 2.24) is 30.3 Å². The van der Waals surface area contributed by atoms with Crippen molar-refractivity contribution in [3.8, 4) is 0 Å². The van der Waals surface area contributed by atoms with E-state index in [2.05, 4.69) is 55.9 Å². The van der Waals surface area contributed by atoms with Gasteiger partial charge in [-0.05, 0) is 19.8 Å². The summed E-state index contributed by atoms with van der Waals surface area (Å²) in [5.41, 5.74) is 0.285. The monoisotopic (exact) mass is 393 g/mol. The average Bonchev–Trinajstić information content (AvgIpc) is 3.37. The van der Waals surface area contributed by atoms with Crippen LogP contribution in [0, 0.1) is 0 Å². The van der Waals surface area contributed by atoms with Crippen LogP contribution in [0.25, 0.3) is 0 Å². The molecular formula is C19H35N7S. The molecule has 7 nitrogen and oxygen atoms in total. The topological polar surface area (TPSA) is 70.4 Å². The second-order valence-electron chi connectivity index (χ2n) is 7.45. The molecule has 1 saturated heterocycles. The maximum Gasteiger partial charge on any atom is 0.191 e. The number of aromatic nitrogens is 3. The predicted octanol–water partition coefficient (Wildman–Crippen LogP) is 1.76. The summed E-state index contributed by atoms with van der Waals surface area (Å²) in [6.45, 7) is 10.1. The highest BCUT2D eigenvalue weighted by Gasteiger charge is 2.39. The lowest BCUT2D eigenvalue weighted by molar-refractivity contribution is 0.112. The van der Waals surface area contributed by atoms with Crippen LogP contribution >= 0.6 is 11.8 Å². The third-order valence-corrected chi connectivity index (χ3v) is 6.69. The molecule has 27 heavy (non-hydrogen) atoms. The van der Waals surface area contributed by atoms with Crippen molar-refractivity contribution in [3.05, 3.63) is 12.2 Å². The van der Waals surface area contributed by atoms with Crippen LogP contribution in [0.1, 0.15) is 45.4 Å². The summed E-state index contributed by atoms with van der Waals surface area (Å²) in [5, 5.41) is 15.1. The van der Waals surface area contributed by atoms with Gasteiger partial charge in [0.1, 0.15) is 12.2 Å². The molecule has 2 N–H and O–H groups in total. The molecule has 0 atom stereocenters. The Kier molecular flexibility index (Phi) is 7.81. The van der Waals surface area contributed by atoms with Crippen LogP contribution in [0.2, 0.25) is 0 Å². The zero-order valence-electron chi connectivity index (χ0n) is 16.9. The van der Waals surface area contributed by atoms with Crippen molar-refractivity contribution in [2.45, 2.75) is 58.0 Å². The number of rotatable bonds is 8. The Morgan fingerprint density at radius 3 is 2.70 bits per heavy atom.